The summed E-state index contributed by atoms with van der Waals surface area (Å²) in [7, 11) is 4.14. The van der Waals surface area contributed by atoms with E-state index in [-0.39, 0.29) is 5.91 Å². The Labute approximate surface area is 122 Å². The molecule has 0 bridgehead atoms. The average Bonchev–Trinajstić information content (AvgIpc) is 2.83. The largest absolute Gasteiger partial charge is 0.334 e. The number of hydrogen-bond donors (Lipinski definition) is 0. The molecule has 2 heterocycles. The van der Waals surface area contributed by atoms with Gasteiger partial charge in [0, 0.05) is 39.3 Å². The van der Waals surface area contributed by atoms with E-state index in [1.54, 1.807) is 0 Å². The maximum Gasteiger partial charge on any atom is 0.284 e. The Hall–Kier alpha value is -0.760. The van der Waals surface area contributed by atoms with E-state index >= 15 is 0 Å². The van der Waals surface area contributed by atoms with Gasteiger partial charge in [0.1, 0.15) is 0 Å². The van der Waals surface area contributed by atoms with Crippen molar-refractivity contribution >= 4 is 28.8 Å². The summed E-state index contributed by atoms with van der Waals surface area (Å²) in [5.41, 5.74) is 0. The third-order valence-electron chi connectivity index (χ3n) is 3.11. The molecule has 0 atom stereocenters. The van der Waals surface area contributed by atoms with Gasteiger partial charge in [-0.05, 0) is 25.7 Å². The van der Waals surface area contributed by atoms with Crippen LogP contribution in [0, 0.1) is 0 Å². The van der Waals surface area contributed by atoms with E-state index in [0.29, 0.717) is 9.47 Å². The third-order valence-corrected chi connectivity index (χ3v) is 4.11. The van der Waals surface area contributed by atoms with Crippen LogP contribution >= 0.6 is 22.9 Å². The minimum absolute atomic E-state index is 0.0586. The fourth-order valence-electron chi connectivity index (χ4n) is 1.94. The molecule has 0 saturated carbocycles. The Morgan fingerprint density at radius 1 is 1.32 bits per heavy atom. The monoisotopic (exact) mass is 303 g/mol. The highest BCUT2D eigenvalue weighted by atomic mass is 35.5. The SMILES string of the molecule is CN(C)CCN1CCN(C(=O)c2nnc(Cl)s2)CC1. The minimum Gasteiger partial charge on any atom is -0.334 e. The fraction of sp³-hybridized carbons (Fsp3) is 0.727. The lowest BCUT2D eigenvalue weighted by atomic mass is 10.3. The Balaban J connectivity index is 1.81. The first-order chi connectivity index (χ1) is 9.06. The molecule has 2 rings (SSSR count). The van der Waals surface area contributed by atoms with Crippen LogP contribution in [0.5, 0.6) is 0 Å². The molecule has 19 heavy (non-hydrogen) atoms. The van der Waals surface area contributed by atoms with Gasteiger partial charge < -0.3 is 9.80 Å². The van der Waals surface area contributed by atoms with E-state index in [4.69, 9.17) is 11.6 Å². The number of carbonyl (C=O) groups is 1. The van der Waals surface area contributed by atoms with Crippen molar-refractivity contribution in [1.29, 1.82) is 0 Å². The van der Waals surface area contributed by atoms with Gasteiger partial charge in [-0.1, -0.05) is 11.3 Å². The molecule has 0 N–H and O–H groups in total. The van der Waals surface area contributed by atoms with Crippen molar-refractivity contribution in [3.8, 4) is 0 Å². The first kappa shape index (κ1) is 14.6. The summed E-state index contributed by atoms with van der Waals surface area (Å²) >= 11 is 6.83. The van der Waals surface area contributed by atoms with Crippen LogP contribution in [0.1, 0.15) is 9.80 Å². The highest BCUT2D eigenvalue weighted by molar-refractivity contribution is 7.17. The molecule has 0 radical (unpaired) electrons. The minimum atomic E-state index is -0.0586. The number of halogens is 1. The molecule has 1 aliphatic rings. The van der Waals surface area contributed by atoms with Gasteiger partial charge in [-0.25, -0.2) is 0 Å². The van der Waals surface area contributed by atoms with Crippen LogP contribution in [-0.4, -0.2) is 84.2 Å². The molecule has 6 nitrogen and oxygen atoms in total. The van der Waals surface area contributed by atoms with E-state index < -0.39 is 0 Å². The van der Waals surface area contributed by atoms with E-state index in [1.807, 2.05) is 4.90 Å². The van der Waals surface area contributed by atoms with Gasteiger partial charge in [-0.15, -0.1) is 10.2 Å². The van der Waals surface area contributed by atoms with E-state index in [9.17, 15) is 4.79 Å². The summed E-state index contributed by atoms with van der Waals surface area (Å²) in [5, 5.41) is 7.84. The Morgan fingerprint density at radius 2 is 2.00 bits per heavy atom. The summed E-state index contributed by atoms with van der Waals surface area (Å²) < 4.78 is 0.313. The molecule has 0 aliphatic carbocycles. The van der Waals surface area contributed by atoms with Crippen LogP contribution in [0.4, 0.5) is 0 Å². The summed E-state index contributed by atoms with van der Waals surface area (Å²) in [4.78, 5) is 18.5. The van der Waals surface area contributed by atoms with E-state index in [2.05, 4.69) is 34.1 Å². The number of amides is 1. The smallest absolute Gasteiger partial charge is 0.284 e. The second-order valence-corrected chi connectivity index (χ2v) is 6.36. The van der Waals surface area contributed by atoms with Gasteiger partial charge in [0.2, 0.25) is 9.47 Å². The number of hydrogen-bond acceptors (Lipinski definition) is 6. The second kappa shape index (κ2) is 6.60. The van der Waals surface area contributed by atoms with Crippen LogP contribution in [0.2, 0.25) is 4.47 Å². The maximum absolute atomic E-state index is 12.1. The first-order valence-electron chi connectivity index (χ1n) is 6.21. The van der Waals surface area contributed by atoms with Crippen molar-refractivity contribution in [3.63, 3.8) is 0 Å². The highest BCUT2D eigenvalue weighted by Gasteiger charge is 2.24. The molecule has 8 heteroatoms. The predicted octanol–water partition coefficient (Wildman–Crippen LogP) is 0.511. The third kappa shape index (κ3) is 4.10. The molecule has 0 aromatic carbocycles. The number of nitrogens with zero attached hydrogens (tertiary/aromatic N) is 5. The van der Waals surface area contributed by atoms with Gasteiger partial charge in [0.05, 0.1) is 0 Å². The quantitative estimate of drug-likeness (QED) is 0.811. The molecule has 1 fully saturated rings. The van der Waals surface area contributed by atoms with Crippen LogP contribution in [0.3, 0.4) is 0 Å². The Bertz CT molecular complexity index is 430. The lowest BCUT2D eigenvalue weighted by molar-refractivity contribution is 0.0628. The van der Waals surface area contributed by atoms with Crippen molar-refractivity contribution in [2.24, 2.45) is 0 Å². The molecule has 1 aromatic heterocycles. The zero-order valence-corrected chi connectivity index (χ0v) is 12.7. The number of carbonyl (C=O) groups excluding carboxylic acids is 1. The second-order valence-electron chi connectivity index (χ2n) is 4.80. The highest BCUT2D eigenvalue weighted by Crippen LogP contribution is 2.17. The molecule has 1 aliphatic heterocycles. The van der Waals surface area contributed by atoms with Crippen molar-refractivity contribution in [3.05, 3.63) is 9.47 Å². The number of piperazine rings is 1. The predicted molar refractivity (Wildman–Crippen MR) is 75.8 cm³/mol. The van der Waals surface area contributed by atoms with Gasteiger partial charge in [-0.2, -0.15) is 0 Å². The van der Waals surface area contributed by atoms with Gasteiger partial charge in [0.15, 0.2) is 0 Å². The normalized spacial score (nSPS) is 17.2. The summed E-state index contributed by atoms with van der Waals surface area (Å²) in [6.45, 7) is 5.38. The number of rotatable bonds is 4. The molecule has 1 saturated heterocycles. The van der Waals surface area contributed by atoms with Gasteiger partial charge in [0.25, 0.3) is 5.91 Å². The van der Waals surface area contributed by atoms with Crippen molar-refractivity contribution in [2.75, 3.05) is 53.4 Å². The zero-order chi connectivity index (χ0) is 13.8. The van der Waals surface area contributed by atoms with E-state index in [0.717, 1.165) is 50.6 Å². The summed E-state index contributed by atoms with van der Waals surface area (Å²) in [5.74, 6) is -0.0586. The lowest BCUT2D eigenvalue weighted by Gasteiger charge is -2.34. The van der Waals surface area contributed by atoms with E-state index in [1.165, 1.54) is 0 Å². The Kier molecular flexibility index (Phi) is 5.09. The standard InChI is InChI=1S/C11H18ClN5OS/c1-15(2)3-4-16-5-7-17(8-6-16)10(18)9-13-14-11(12)19-9/h3-8H2,1-2H3. The Morgan fingerprint density at radius 3 is 2.53 bits per heavy atom. The van der Waals surface area contributed by atoms with Crippen molar-refractivity contribution < 1.29 is 4.79 Å². The summed E-state index contributed by atoms with van der Waals surface area (Å²) in [6, 6.07) is 0. The molecular formula is C11H18ClN5OS. The van der Waals surface area contributed by atoms with Crippen LogP contribution in [0.15, 0.2) is 0 Å². The fourth-order valence-corrected chi connectivity index (χ4v) is 2.74. The molecule has 0 spiro atoms. The van der Waals surface area contributed by atoms with Gasteiger partial charge >= 0.3 is 0 Å². The van der Waals surface area contributed by atoms with Crippen LogP contribution < -0.4 is 0 Å². The number of likely N-dealkylation sites (N-methyl/N-ethyl adjacent to an activating group) is 1. The first-order valence-corrected chi connectivity index (χ1v) is 7.41. The molecule has 106 valence electrons. The molecular weight excluding hydrogens is 286 g/mol. The van der Waals surface area contributed by atoms with Crippen LogP contribution in [-0.2, 0) is 0 Å². The lowest BCUT2D eigenvalue weighted by Crippen LogP contribution is -2.49. The maximum atomic E-state index is 12.1. The molecule has 1 amide bonds. The average molecular weight is 304 g/mol. The topological polar surface area (TPSA) is 52.6 Å². The van der Waals surface area contributed by atoms with Crippen molar-refractivity contribution in [2.45, 2.75) is 0 Å². The molecule has 1 aromatic rings. The van der Waals surface area contributed by atoms with Crippen LogP contribution in [0.25, 0.3) is 0 Å². The number of aromatic nitrogens is 2. The van der Waals surface area contributed by atoms with Crippen molar-refractivity contribution in [1.82, 2.24) is 24.9 Å². The van der Waals surface area contributed by atoms with Gasteiger partial charge in [-0.3, -0.25) is 9.69 Å². The molecule has 0 unspecified atom stereocenters. The zero-order valence-electron chi connectivity index (χ0n) is 11.2. The summed E-state index contributed by atoms with van der Waals surface area (Å²) in [6.07, 6.45) is 0.